The highest BCUT2D eigenvalue weighted by molar-refractivity contribution is 5.49. The van der Waals surface area contributed by atoms with Crippen molar-refractivity contribution in [3.8, 4) is 6.07 Å². The van der Waals surface area contributed by atoms with E-state index < -0.39 is 5.82 Å². The van der Waals surface area contributed by atoms with Crippen LogP contribution in [0.15, 0.2) is 18.2 Å². The maximum absolute atomic E-state index is 13.3. The Labute approximate surface area is 93.8 Å². The van der Waals surface area contributed by atoms with E-state index in [-0.39, 0.29) is 17.7 Å². The molecule has 1 aliphatic heterocycles. The van der Waals surface area contributed by atoms with Crippen molar-refractivity contribution in [3.05, 3.63) is 29.6 Å². The van der Waals surface area contributed by atoms with E-state index in [2.05, 4.69) is 5.32 Å². The van der Waals surface area contributed by atoms with Gasteiger partial charge in [-0.1, -0.05) is 0 Å². The van der Waals surface area contributed by atoms with E-state index in [1.165, 1.54) is 12.1 Å². The predicted molar refractivity (Wildman–Crippen MR) is 58.6 cm³/mol. The Hall–Kier alpha value is -1.60. The molecule has 0 saturated carbocycles. The molecule has 1 saturated heterocycles. The molecule has 2 unspecified atom stereocenters. The van der Waals surface area contributed by atoms with Gasteiger partial charge >= 0.3 is 0 Å². The zero-order valence-electron chi connectivity index (χ0n) is 9.03. The fourth-order valence-corrected chi connectivity index (χ4v) is 1.83. The van der Waals surface area contributed by atoms with E-state index in [9.17, 15) is 4.39 Å². The molecule has 0 radical (unpaired) electrons. The van der Waals surface area contributed by atoms with Crippen LogP contribution in [0.2, 0.25) is 0 Å². The first-order valence-corrected chi connectivity index (χ1v) is 5.28. The van der Waals surface area contributed by atoms with Crippen LogP contribution in [0.1, 0.15) is 18.9 Å². The van der Waals surface area contributed by atoms with E-state index in [1.807, 2.05) is 6.92 Å². The third-order valence-corrected chi connectivity index (χ3v) is 2.82. The second-order valence-electron chi connectivity index (χ2n) is 3.92. The molecule has 0 aromatic heterocycles. The molecule has 1 fully saturated rings. The summed E-state index contributed by atoms with van der Waals surface area (Å²) in [5, 5.41) is 11.8. The van der Waals surface area contributed by atoms with Crippen LogP contribution >= 0.6 is 0 Å². The number of nitrogens with zero attached hydrogens (tertiary/aromatic N) is 1. The number of halogens is 1. The van der Waals surface area contributed by atoms with E-state index in [1.54, 1.807) is 12.1 Å². The topological polar surface area (TPSA) is 45.0 Å². The highest BCUT2D eigenvalue weighted by Crippen LogP contribution is 2.20. The molecule has 0 amide bonds. The van der Waals surface area contributed by atoms with Crippen LogP contribution < -0.4 is 5.32 Å². The fraction of sp³-hybridized carbons (Fsp3) is 0.417. The summed E-state index contributed by atoms with van der Waals surface area (Å²) in [6.45, 7) is 2.72. The van der Waals surface area contributed by atoms with Gasteiger partial charge < -0.3 is 10.1 Å². The largest absolute Gasteiger partial charge is 0.380 e. The Morgan fingerprint density at radius 2 is 2.38 bits per heavy atom. The molecule has 0 bridgehead atoms. The van der Waals surface area contributed by atoms with Gasteiger partial charge in [0.05, 0.1) is 17.7 Å². The molecule has 1 aromatic carbocycles. The van der Waals surface area contributed by atoms with Gasteiger partial charge in [0.15, 0.2) is 0 Å². The Morgan fingerprint density at radius 3 is 2.94 bits per heavy atom. The summed E-state index contributed by atoms with van der Waals surface area (Å²) in [5.41, 5.74) is 0.764. The third kappa shape index (κ3) is 2.15. The van der Waals surface area contributed by atoms with E-state index in [0.29, 0.717) is 5.69 Å². The zero-order valence-corrected chi connectivity index (χ0v) is 9.03. The molecule has 1 heterocycles. The molecule has 1 aromatic rings. The van der Waals surface area contributed by atoms with Gasteiger partial charge in [0, 0.05) is 12.3 Å². The molecular weight excluding hydrogens is 207 g/mol. The molecule has 1 N–H and O–H groups in total. The van der Waals surface area contributed by atoms with Crippen LogP contribution in [0.25, 0.3) is 0 Å². The normalized spacial score (nSPS) is 24.1. The summed E-state index contributed by atoms with van der Waals surface area (Å²) < 4.78 is 18.7. The zero-order chi connectivity index (χ0) is 11.5. The van der Waals surface area contributed by atoms with Gasteiger partial charge in [-0.2, -0.15) is 5.26 Å². The number of anilines is 1. The summed E-state index contributed by atoms with van der Waals surface area (Å²) in [6.07, 6.45) is 1.06. The van der Waals surface area contributed by atoms with E-state index in [4.69, 9.17) is 10.00 Å². The molecule has 0 spiro atoms. The van der Waals surface area contributed by atoms with Gasteiger partial charge in [-0.15, -0.1) is 0 Å². The van der Waals surface area contributed by atoms with Crippen molar-refractivity contribution in [2.45, 2.75) is 25.5 Å². The van der Waals surface area contributed by atoms with Crippen LogP contribution in [-0.2, 0) is 4.74 Å². The van der Waals surface area contributed by atoms with Crippen molar-refractivity contribution in [2.24, 2.45) is 0 Å². The molecule has 16 heavy (non-hydrogen) atoms. The van der Waals surface area contributed by atoms with Crippen molar-refractivity contribution in [1.82, 2.24) is 0 Å². The van der Waals surface area contributed by atoms with Crippen molar-refractivity contribution < 1.29 is 9.13 Å². The fourth-order valence-electron chi connectivity index (χ4n) is 1.83. The number of rotatable bonds is 2. The van der Waals surface area contributed by atoms with Gasteiger partial charge in [0.25, 0.3) is 0 Å². The van der Waals surface area contributed by atoms with Crippen LogP contribution in [-0.4, -0.2) is 18.8 Å². The Balaban J connectivity index is 2.11. The van der Waals surface area contributed by atoms with Gasteiger partial charge in [-0.3, -0.25) is 0 Å². The molecule has 0 aliphatic carbocycles. The highest BCUT2D eigenvalue weighted by Gasteiger charge is 2.23. The van der Waals surface area contributed by atoms with Crippen LogP contribution in [0.4, 0.5) is 10.1 Å². The molecule has 1 aliphatic rings. The lowest BCUT2D eigenvalue weighted by Gasteiger charge is -2.17. The molecule has 3 nitrogen and oxygen atoms in total. The van der Waals surface area contributed by atoms with Crippen LogP contribution in [0.5, 0.6) is 0 Å². The number of benzene rings is 1. The molecular formula is C12H13FN2O. The lowest BCUT2D eigenvalue weighted by molar-refractivity contribution is 0.121. The first-order valence-electron chi connectivity index (χ1n) is 5.28. The second-order valence-corrected chi connectivity index (χ2v) is 3.92. The maximum atomic E-state index is 13.3. The second kappa shape index (κ2) is 4.50. The molecule has 84 valence electrons. The SMILES string of the molecule is CC1OCCC1Nc1ccc(C#N)c(F)c1. The van der Waals surface area contributed by atoms with Crippen molar-refractivity contribution in [3.63, 3.8) is 0 Å². The number of hydrogen-bond donors (Lipinski definition) is 1. The first kappa shape index (κ1) is 10.9. The Kier molecular flexibility index (Phi) is 3.07. The van der Waals surface area contributed by atoms with E-state index in [0.717, 1.165) is 13.0 Å². The van der Waals surface area contributed by atoms with Crippen molar-refractivity contribution in [2.75, 3.05) is 11.9 Å². The van der Waals surface area contributed by atoms with Crippen molar-refractivity contribution >= 4 is 5.69 Å². The minimum atomic E-state index is -0.487. The van der Waals surface area contributed by atoms with Gasteiger partial charge in [0.2, 0.25) is 0 Å². The Bertz CT molecular complexity index is 428. The average Bonchev–Trinajstić information content (AvgIpc) is 2.65. The molecule has 2 rings (SSSR count). The van der Waals surface area contributed by atoms with E-state index >= 15 is 0 Å². The van der Waals surface area contributed by atoms with Crippen LogP contribution in [0, 0.1) is 17.1 Å². The summed E-state index contributed by atoms with van der Waals surface area (Å²) in [7, 11) is 0. The summed E-state index contributed by atoms with van der Waals surface area (Å²) in [4.78, 5) is 0. The van der Waals surface area contributed by atoms with Crippen molar-refractivity contribution in [1.29, 1.82) is 5.26 Å². The number of nitriles is 1. The molecule has 4 heteroatoms. The summed E-state index contributed by atoms with van der Waals surface area (Å²) >= 11 is 0. The monoisotopic (exact) mass is 220 g/mol. The standard InChI is InChI=1S/C12H13FN2O/c1-8-12(4-5-16-8)15-10-3-2-9(7-14)11(13)6-10/h2-3,6,8,12,15H,4-5H2,1H3. The number of hydrogen-bond acceptors (Lipinski definition) is 3. The predicted octanol–water partition coefficient (Wildman–Crippen LogP) is 2.29. The molecule has 2 atom stereocenters. The number of nitrogens with one attached hydrogen (secondary N) is 1. The summed E-state index contributed by atoms with van der Waals surface area (Å²) in [5.74, 6) is -0.487. The lowest BCUT2D eigenvalue weighted by atomic mass is 10.1. The number of ether oxygens (including phenoxy) is 1. The van der Waals surface area contributed by atoms with Gasteiger partial charge in [0.1, 0.15) is 11.9 Å². The summed E-state index contributed by atoms with van der Waals surface area (Å²) in [6, 6.07) is 6.56. The average molecular weight is 220 g/mol. The smallest absolute Gasteiger partial charge is 0.143 e. The van der Waals surface area contributed by atoms with Gasteiger partial charge in [-0.25, -0.2) is 4.39 Å². The van der Waals surface area contributed by atoms with Crippen LogP contribution in [0.3, 0.4) is 0 Å². The van der Waals surface area contributed by atoms with Gasteiger partial charge in [-0.05, 0) is 31.5 Å². The maximum Gasteiger partial charge on any atom is 0.143 e. The highest BCUT2D eigenvalue weighted by atomic mass is 19.1. The third-order valence-electron chi connectivity index (χ3n) is 2.82. The quantitative estimate of drug-likeness (QED) is 0.831. The first-order chi connectivity index (χ1) is 7.70. The lowest BCUT2D eigenvalue weighted by Crippen LogP contribution is -2.26. The minimum absolute atomic E-state index is 0.0706. The minimum Gasteiger partial charge on any atom is -0.380 e. The Morgan fingerprint density at radius 1 is 1.56 bits per heavy atom.